The van der Waals surface area contributed by atoms with Crippen molar-refractivity contribution in [2.75, 3.05) is 33.3 Å². The van der Waals surface area contributed by atoms with E-state index in [1.54, 1.807) is 18.0 Å². The van der Waals surface area contributed by atoms with E-state index in [-0.39, 0.29) is 5.91 Å². The molecule has 6 nitrogen and oxygen atoms in total. The number of piperidine rings is 2. The van der Waals surface area contributed by atoms with Crippen molar-refractivity contribution in [3.63, 3.8) is 0 Å². The van der Waals surface area contributed by atoms with Gasteiger partial charge in [0.25, 0.3) is 5.91 Å². The number of likely N-dealkylation sites (tertiary alicyclic amines) is 2. The zero-order valence-electron chi connectivity index (χ0n) is 16.0. The molecule has 2 saturated heterocycles. The van der Waals surface area contributed by atoms with E-state index in [2.05, 4.69) is 10.00 Å². The third-order valence-electron chi connectivity index (χ3n) is 5.78. The SMILES string of the molecule is COc1cn(-c2ccccc2)nc1C(=O)N1CCC(N2CCCCC2)CC1. The fourth-order valence-corrected chi connectivity index (χ4v) is 4.24. The zero-order valence-corrected chi connectivity index (χ0v) is 16.0. The molecule has 0 aliphatic carbocycles. The summed E-state index contributed by atoms with van der Waals surface area (Å²) < 4.78 is 7.15. The third-order valence-corrected chi connectivity index (χ3v) is 5.78. The van der Waals surface area contributed by atoms with E-state index < -0.39 is 0 Å². The van der Waals surface area contributed by atoms with Crippen LogP contribution in [-0.4, -0.2) is 64.8 Å². The van der Waals surface area contributed by atoms with Crippen LogP contribution in [0, 0.1) is 0 Å². The fourth-order valence-electron chi connectivity index (χ4n) is 4.24. The molecule has 144 valence electrons. The maximum absolute atomic E-state index is 13.1. The number of hydrogen-bond donors (Lipinski definition) is 0. The van der Waals surface area contributed by atoms with Crippen LogP contribution in [0.1, 0.15) is 42.6 Å². The van der Waals surface area contributed by atoms with Crippen LogP contribution in [0.25, 0.3) is 5.69 Å². The zero-order chi connectivity index (χ0) is 18.6. The Bertz CT molecular complexity index is 760. The van der Waals surface area contributed by atoms with Gasteiger partial charge in [0.05, 0.1) is 19.0 Å². The highest BCUT2D eigenvalue weighted by molar-refractivity contribution is 5.95. The van der Waals surface area contributed by atoms with E-state index in [0.717, 1.165) is 31.6 Å². The van der Waals surface area contributed by atoms with Gasteiger partial charge < -0.3 is 14.5 Å². The van der Waals surface area contributed by atoms with Crippen molar-refractivity contribution >= 4 is 5.91 Å². The highest BCUT2D eigenvalue weighted by Gasteiger charge is 2.30. The van der Waals surface area contributed by atoms with Crippen molar-refractivity contribution in [2.24, 2.45) is 0 Å². The van der Waals surface area contributed by atoms with Crippen LogP contribution >= 0.6 is 0 Å². The number of amides is 1. The Morgan fingerprint density at radius 3 is 2.41 bits per heavy atom. The summed E-state index contributed by atoms with van der Waals surface area (Å²) in [5, 5.41) is 4.53. The molecule has 3 heterocycles. The molecule has 27 heavy (non-hydrogen) atoms. The second-order valence-corrected chi connectivity index (χ2v) is 7.45. The van der Waals surface area contributed by atoms with Crippen LogP contribution in [-0.2, 0) is 0 Å². The summed E-state index contributed by atoms with van der Waals surface area (Å²) in [5.74, 6) is 0.501. The van der Waals surface area contributed by atoms with Gasteiger partial charge in [0.2, 0.25) is 0 Å². The second kappa shape index (κ2) is 8.13. The Balaban J connectivity index is 1.44. The first-order valence-corrected chi connectivity index (χ1v) is 9.98. The number of nitrogens with zero attached hydrogens (tertiary/aromatic N) is 4. The summed E-state index contributed by atoms with van der Waals surface area (Å²) >= 11 is 0. The Morgan fingerprint density at radius 2 is 1.74 bits per heavy atom. The average molecular weight is 368 g/mol. The summed E-state index contributed by atoms with van der Waals surface area (Å²) in [6.45, 7) is 4.02. The monoisotopic (exact) mass is 368 g/mol. The smallest absolute Gasteiger partial charge is 0.278 e. The minimum absolute atomic E-state index is 0.0291. The molecular formula is C21H28N4O2. The summed E-state index contributed by atoms with van der Waals surface area (Å²) in [4.78, 5) is 17.6. The van der Waals surface area contributed by atoms with E-state index in [0.29, 0.717) is 17.5 Å². The van der Waals surface area contributed by atoms with E-state index in [1.807, 2.05) is 35.2 Å². The molecule has 0 bridgehead atoms. The summed E-state index contributed by atoms with van der Waals surface area (Å²) in [5.41, 5.74) is 1.32. The van der Waals surface area contributed by atoms with Gasteiger partial charge in [-0.1, -0.05) is 24.6 Å². The first kappa shape index (κ1) is 18.0. The Labute approximate surface area is 160 Å². The van der Waals surface area contributed by atoms with Gasteiger partial charge in [0.1, 0.15) is 0 Å². The van der Waals surface area contributed by atoms with Gasteiger partial charge in [-0.25, -0.2) is 4.68 Å². The van der Waals surface area contributed by atoms with Crippen LogP contribution in [0.15, 0.2) is 36.5 Å². The quantitative estimate of drug-likeness (QED) is 0.833. The normalized spacial score (nSPS) is 19.2. The standard InChI is InChI=1S/C21H28N4O2/c1-27-19-16-25(18-8-4-2-5-9-18)22-20(19)21(26)24-14-10-17(11-15-24)23-12-6-3-7-13-23/h2,4-5,8-9,16-17H,3,6-7,10-15H2,1H3. The largest absolute Gasteiger partial charge is 0.493 e. The van der Waals surface area contributed by atoms with E-state index in [9.17, 15) is 4.79 Å². The predicted molar refractivity (Wildman–Crippen MR) is 104 cm³/mol. The highest BCUT2D eigenvalue weighted by Crippen LogP contribution is 2.25. The Morgan fingerprint density at radius 1 is 1.04 bits per heavy atom. The molecule has 0 atom stereocenters. The summed E-state index contributed by atoms with van der Waals surface area (Å²) in [6.07, 6.45) is 7.86. The molecule has 0 unspecified atom stereocenters. The fraction of sp³-hybridized carbons (Fsp3) is 0.524. The van der Waals surface area contributed by atoms with Crippen molar-refractivity contribution in [1.29, 1.82) is 0 Å². The molecule has 2 aliphatic rings. The lowest BCUT2D eigenvalue weighted by atomic mass is 9.99. The molecule has 0 radical (unpaired) electrons. The van der Waals surface area contributed by atoms with Gasteiger partial charge in [0.15, 0.2) is 11.4 Å². The summed E-state index contributed by atoms with van der Waals surface area (Å²) in [7, 11) is 1.59. The van der Waals surface area contributed by atoms with Gasteiger partial charge in [-0.05, 0) is 50.9 Å². The second-order valence-electron chi connectivity index (χ2n) is 7.45. The van der Waals surface area contributed by atoms with Crippen LogP contribution in [0.4, 0.5) is 0 Å². The van der Waals surface area contributed by atoms with Crippen LogP contribution in [0.5, 0.6) is 5.75 Å². The maximum Gasteiger partial charge on any atom is 0.278 e. The predicted octanol–water partition coefficient (Wildman–Crippen LogP) is 2.97. The highest BCUT2D eigenvalue weighted by atomic mass is 16.5. The van der Waals surface area contributed by atoms with E-state index in [1.165, 1.54) is 32.4 Å². The van der Waals surface area contributed by atoms with Crippen LogP contribution < -0.4 is 4.74 Å². The molecule has 0 spiro atoms. The lowest BCUT2D eigenvalue weighted by Crippen LogP contribution is -2.48. The molecule has 2 aliphatic heterocycles. The number of aromatic nitrogens is 2. The van der Waals surface area contributed by atoms with Crippen molar-refractivity contribution in [3.8, 4) is 11.4 Å². The molecular weight excluding hydrogens is 340 g/mol. The number of hydrogen-bond acceptors (Lipinski definition) is 4. The average Bonchev–Trinajstić information content (AvgIpc) is 3.19. The number of methoxy groups -OCH3 is 1. The number of carbonyl (C=O) groups is 1. The number of rotatable bonds is 4. The molecule has 2 fully saturated rings. The topological polar surface area (TPSA) is 50.6 Å². The van der Waals surface area contributed by atoms with Crippen LogP contribution in [0.3, 0.4) is 0 Å². The van der Waals surface area contributed by atoms with Crippen molar-refractivity contribution in [1.82, 2.24) is 19.6 Å². The van der Waals surface area contributed by atoms with Gasteiger partial charge >= 0.3 is 0 Å². The minimum atomic E-state index is -0.0291. The Kier molecular flexibility index (Phi) is 5.43. The maximum atomic E-state index is 13.1. The summed E-state index contributed by atoms with van der Waals surface area (Å²) in [6, 6.07) is 10.4. The molecule has 4 rings (SSSR count). The molecule has 0 saturated carbocycles. The number of benzene rings is 1. The van der Waals surface area contributed by atoms with E-state index in [4.69, 9.17) is 4.74 Å². The Hall–Kier alpha value is -2.34. The first-order valence-electron chi connectivity index (χ1n) is 9.98. The number of ether oxygens (including phenoxy) is 1. The van der Waals surface area contributed by atoms with Crippen molar-refractivity contribution in [3.05, 3.63) is 42.2 Å². The van der Waals surface area contributed by atoms with Crippen molar-refractivity contribution < 1.29 is 9.53 Å². The number of carbonyl (C=O) groups excluding carboxylic acids is 1. The van der Waals surface area contributed by atoms with Gasteiger partial charge in [-0.3, -0.25) is 4.79 Å². The molecule has 2 aromatic rings. The van der Waals surface area contributed by atoms with Gasteiger partial charge in [0, 0.05) is 19.1 Å². The molecule has 1 aromatic heterocycles. The molecule has 1 aromatic carbocycles. The lowest BCUT2D eigenvalue weighted by molar-refractivity contribution is 0.0581. The molecule has 1 amide bonds. The van der Waals surface area contributed by atoms with Gasteiger partial charge in [-0.15, -0.1) is 0 Å². The van der Waals surface area contributed by atoms with Crippen LogP contribution in [0.2, 0.25) is 0 Å². The molecule has 0 N–H and O–H groups in total. The van der Waals surface area contributed by atoms with E-state index >= 15 is 0 Å². The third kappa shape index (κ3) is 3.86. The number of para-hydroxylation sites is 1. The minimum Gasteiger partial charge on any atom is -0.493 e. The lowest BCUT2D eigenvalue weighted by Gasteiger charge is -2.40. The van der Waals surface area contributed by atoms with Gasteiger partial charge in [-0.2, -0.15) is 5.10 Å². The van der Waals surface area contributed by atoms with Crippen molar-refractivity contribution in [2.45, 2.75) is 38.1 Å². The molecule has 6 heteroatoms. The first-order chi connectivity index (χ1) is 13.3.